The van der Waals surface area contributed by atoms with E-state index in [1.165, 1.54) is 0 Å². The lowest BCUT2D eigenvalue weighted by atomic mass is 10.1. The SMILES string of the molecule is CCOCc1cc(C(=O)N2CCN(c3cccc(Cl)c3)CC2)ccc1OC. The average molecular weight is 389 g/mol. The molecule has 1 fully saturated rings. The van der Waals surface area contributed by atoms with E-state index < -0.39 is 0 Å². The first-order valence-corrected chi connectivity index (χ1v) is 9.54. The second-order valence-corrected chi connectivity index (χ2v) is 6.86. The summed E-state index contributed by atoms with van der Waals surface area (Å²) in [6.07, 6.45) is 0. The molecule has 0 aliphatic carbocycles. The summed E-state index contributed by atoms with van der Waals surface area (Å²) in [4.78, 5) is 17.1. The lowest BCUT2D eigenvalue weighted by molar-refractivity contribution is 0.0746. The van der Waals surface area contributed by atoms with Gasteiger partial charge >= 0.3 is 0 Å². The second kappa shape index (κ2) is 9.11. The summed E-state index contributed by atoms with van der Waals surface area (Å²) < 4.78 is 10.9. The zero-order chi connectivity index (χ0) is 19.2. The van der Waals surface area contributed by atoms with E-state index >= 15 is 0 Å². The van der Waals surface area contributed by atoms with Gasteiger partial charge in [-0.2, -0.15) is 0 Å². The van der Waals surface area contributed by atoms with Crippen molar-refractivity contribution in [1.29, 1.82) is 0 Å². The summed E-state index contributed by atoms with van der Waals surface area (Å²) in [6, 6.07) is 13.4. The Morgan fingerprint density at radius 3 is 2.56 bits per heavy atom. The van der Waals surface area contributed by atoms with Gasteiger partial charge in [-0.15, -0.1) is 0 Å². The third-order valence-corrected chi connectivity index (χ3v) is 4.96. The Morgan fingerprint density at radius 2 is 1.89 bits per heavy atom. The van der Waals surface area contributed by atoms with Crippen molar-refractivity contribution in [3.8, 4) is 5.75 Å². The number of methoxy groups -OCH3 is 1. The second-order valence-electron chi connectivity index (χ2n) is 6.42. The highest BCUT2D eigenvalue weighted by atomic mass is 35.5. The van der Waals surface area contributed by atoms with Gasteiger partial charge in [0.1, 0.15) is 5.75 Å². The molecule has 0 bridgehead atoms. The van der Waals surface area contributed by atoms with Crippen molar-refractivity contribution in [2.75, 3.05) is 44.8 Å². The number of carbonyl (C=O) groups is 1. The molecule has 1 aliphatic rings. The summed E-state index contributed by atoms with van der Waals surface area (Å²) >= 11 is 6.09. The Morgan fingerprint density at radius 1 is 1.11 bits per heavy atom. The number of piperazine rings is 1. The van der Waals surface area contributed by atoms with E-state index in [9.17, 15) is 4.79 Å². The smallest absolute Gasteiger partial charge is 0.253 e. The van der Waals surface area contributed by atoms with Crippen LogP contribution in [0.4, 0.5) is 5.69 Å². The van der Waals surface area contributed by atoms with Crippen LogP contribution < -0.4 is 9.64 Å². The molecule has 2 aromatic carbocycles. The van der Waals surface area contributed by atoms with Crippen LogP contribution in [0.2, 0.25) is 5.02 Å². The van der Waals surface area contributed by atoms with Crippen molar-refractivity contribution in [3.05, 3.63) is 58.6 Å². The molecule has 0 saturated carbocycles. The van der Waals surface area contributed by atoms with Gasteiger partial charge in [0.2, 0.25) is 0 Å². The summed E-state index contributed by atoms with van der Waals surface area (Å²) in [5.74, 6) is 0.784. The van der Waals surface area contributed by atoms with E-state index in [2.05, 4.69) is 4.90 Å². The van der Waals surface area contributed by atoms with Gasteiger partial charge in [-0.3, -0.25) is 4.79 Å². The maximum absolute atomic E-state index is 12.9. The molecule has 3 rings (SSSR count). The minimum atomic E-state index is 0.0427. The molecule has 0 spiro atoms. The lowest BCUT2D eigenvalue weighted by Gasteiger charge is -2.36. The first kappa shape index (κ1) is 19.5. The molecule has 144 valence electrons. The van der Waals surface area contributed by atoms with Crippen LogP contribution in [0.5, 0.6) is 5.75 Å². The van der Waals surface area contributed by atoms with Crippen molar-refractivity contribution in [2.45, 2.75) is 13.5 Å². The standard InChI is InChI=1S/C21H25ClN2O3/c1-3-27-15-17-13-16(7-8-20(17)26-2)21(25)24-11-9-23(10-12-24)19-6-4-5-18(22)14-19/h4-8,13-14H,3,9-12,15H2,1-2H3. The minimum absolute atomic E-state index is 0.0427. The molecule has 2 aromatic rings. The highest BCUT2D eigenvalue weighted by molar-refractivity contribution is 6.30. The number of rotatable bonds is 6. The van der Waals surface area contributed by atoms with Crippen molar-refractivity contribution < 1.29 is 14.3 Å². The van der Waals surface area contributed by atoms with Gasteiger partial charge in [-0.1, -0.05) is 17.7 Å². The van der Waals surface area contributed by atoms with Gasteiger partial charge in [0, 0.05) is 54.6 Å². The van der Waals surface area contributed by atoms with Crippen molar-refractivity contribution in [1.82, 2.24) is 4.90 Å². The van der Waals surface area contributed by atoms with Gasteiger partial charge in [-0.05, 0) is 43.3 Å². The fourth-order valence-electron chi connectivity index (χ4n) is 3.26. The molecule has 6 heteroatoms. The van der Waals surface area contributed by atoms with E-state index in [1.807, 2.05) is 54.3 Å². The normalized spacial score (nSPS) is 14.3. The molecule has 1 saturated heterocycles. The van der Waals surface area contributed by atoms with Crippen molar-refractivity contribution in [2.24, 2.45) is 0 Å². The minimum Gasteiger partial charge on any atom is -0.496 e. The Bertz CT molecular complexity index is 789. The van der Waals surface area contributed by atoms with Crippen LogP contribution in [-0.4, -0.2) is 50.7 Å². The van der Waals surface area contributed by atoms with E-state index in [-0.39, 0.29) is 5.91 Å². The van der Waals surface area contributed by atoms with E-state index in [4.69, 9.17) is 21.1 Å². The number of hydrogen-bond acceptors (Lipinski definition) is 4. The topological polar surface area (TPSA) is 42.0 Å². The quantitative estimate of drug-likeness (QED) is 0.753. The van der Waals surface area contributed by atoms with Crippen LogP contribution in [0, 0.1) is 0 Å². The molecule has 1 amide bonds. The number of hydrogen-bond donors (Lipinski definition) is 0. The predicted octanol–water partition coefficient (Wildman–Crippen LogP) is 3.85. The van der Waals surface area contributed by atoms with Gasteiger partial charge in [0.05, 0.1) is 13.7 Å². The van der Waals surface area contributed by atoms with Gasteiger partial charge in [-0.25, -0.2) is 0 Å². The van der Waals surface area contributed by atoms with Crippen LogP contribution in [0.15, 0.2) is 42.5 Å². The highest BCUT2D eigenvalue weighted by Gasteiger charge is 2.23. The number of halogens is 1. The van der Waals surface area contributed by atoms with Gasteiger partial charge in [0.25, 0.3) is 5.91 Å². The Labute approximate surface area is 165 Å². The van der Waals surface area contributed by atoms with Crippen LogP contribution in [0.3, 0.4) is 0 Å². The Kier molecular flexibility index (Phi) is 6.58. The number of carbonyl (C=O) groups excluding carboxylic acids is 1. The number of nitrogens with zero attached hydrogens (tertiary/aromatic N) is 2. The molecule has 27 heavy (non-hydrogen) atoms. The number of amides is 1. The molecular weight excluding hydrogens is 364 g/mol. The summed E-state index contributed by atoms with van der Waals surface area (Å²) in [7, 11) is 1.63. The van der Waals surface area contributed by atoms with Crippen molar-refractivity contribution >= 4 is 23.2 Å². The Balaban J connectivity index is 1.66. The van der Waals surface area contributed by atoms with Gasteiger partial charge in [0.15, 0.2) is 0 Å². The molecule has 0 radical (unpaired) electrons. The molecule has 0 N–H and O–H groups in total. The Hall–Kier alpha value is -2.24. The van der Waals surface area contributed by atoms with Crippen LogP contribution in [0.1, 0.15) is 22.8 Å². The zero-order valence-corrected chi connectivity index (χ0v) is 16.5. The summed E-state index contributed by atoms with van der Waals surface area (Å²) in [6.45, 7) is 5.93. The third kappa shape index (κ3) is 4.73. The average Bonchev–Trinajstić information content (AvgIpc) is 2.71. The molecule has 0 unspecified atom stereocenters. The monoisotopic (exact) mass is 388 g/mol. The summed E-state index contributed by atoms with van der Waals surface area (Å²) in [5, 5.41) is 0.728. The molecule has 5 nitrogen and oxygen atoms in total. The molecular formula is C21H25ClN2O3. The van der Waals surface area contributed by atoms with Crippen molar-refractivity contribution in [3.63, 3.8) is 0 Å². The van der Waals surface area contributed by atoms with Crippen LogP contribution in [0.25, 0.3) is 0 Å². The zero-order valence-electron chi connectivity index (χ0n) is 15.8. The highest BCUT2D eigenvalue weighted by Crippen LogP contribution is 2.24. The van der Waals surface area contributed by atoms with Gasteiger partial charge < -0.3 is 19.3 Å². The fourth-order valence-corrected chi connectivity index (χ4v) is 3.44. The third-order valence-electron chi connectivity index (χ3n) is 4.73. The summed E-state index contributed by atoms with van der Waals surface area (Å²) in [5.41, 5.74) is 2.66. The molecule has 1 aliphatic heterocycles. The maximum Gasteiger partial charge on any atom is 0.253 e. The fraction of sp³-hybridized carbons (Fsp3) is 0.381. The van der Waals surface area contributed by atoms with Crippen LogP contribution in [-0.2, 0) is 11.3 Å². The van der Waals surface area contributed by atoms with Crippen LogP contribution >= 0.6 is 11.6 Å². The predicted molar refractivity (Wildman–Crippen MR) is 108 cm³/mol. The molecule has 0 aromatic heterocycles. The number of anilines is 1. The van der Waals surface area contributed by atoms with E-state index in [0.29, 0.717) is 31.9 Å². The molecule has 0 atom stereocenters. The number of ether oxygens (including phenoxy) is 2. The number of benzene rings is 2. The first-order chi connectivity index (χ1) is 13.1. The maximum atomic E-state index is 12.9. The largest absolute Gasteiger partial charge is 0.496 e. The lowest BCUT2D eigenvalue weighted by Crippen LogP contribution is -2.48. The first-order valence-electron chi connectivity index (χ1n) is 9.17. The van der Waals surface area contributed by atoms with E-state index in [1.54, 1.807) is 7.11 Å². The molecule has 1 heterocycles. The van der Waals surface area contributed by atoms with E-state index in [0.717, 1.165) is 35.1 Å².